The topological polar surface area (TPSA) is 59.0 Å². The molecule has 0 aliphatic carbocycles. The molecule has 1 N–H and O–H groups in total. The van der Waals surface area contributed by atoms with Crippen molar-refractivity contribution in [2.45, 2.75) is 63.7 Å². The van der Waals surface area contributed by atoms with Crippen LogP contribution in [0.3, 0.4) is 0 Å². The van der Waals surface area contributed by atoms with Crippen LogP contribution in [0, 0.1) is 19.8 Å². The number of carbonyl (C=O) groups excluding carboxylic acids is 1. The second-order valence-electron chi connectivity index (χ2n) is 11.0. The van der Waals surface area contributed by atoms with Gasteiger partial charge in [0.25, 0.3) is 0 Å². The second-order valence-corrected chi connectivity index (χ2v) is 11.9. The van der Waals surface area contributed by atoms with E-state index < -0.39 is 11.7 Å². The number of hydrogen-bond acceptors (Lipinski definition) is 6. The average Bonchev–Trinajstić information content (AvgIpc) is 3.34. The van der Waals surface area contributed by atoms with Crippen molar-refractivity contribution in [2.24, 2.45) is 5.92 Å². The van der Waals surface area contributed by atoms with E-state index in [1.165, 1.54) is 16.0 Å². The number of rotatable bonds is 10. The lowest BCUT2D eigenvalue weighted by molar-refractivity contribution is -0.158. The Balaban J connectivity index is 1.64. The molecule has 0 bridgehead atoms. The molecule has 0 radical (unpaired) electrons. The van der Waals surface area contributed by atoms with E-state index in [0.29, 0.717) is 12.4 Å². The minimum Gasteiger partial charge on any atom is -0.476 e. The molecule has 0 saturated carbocycles. The van der Waals surface area contributed by atoms with Gasteiger partial charge in [-0.2, -0.15) is 0 Å². The summed E-state index contributed by atoms with van der Waals surface area (Å²) >= 11 is 1.70. The highest BCUT2D eigenvalue weighted by Gasteiger charge is 2.39. The third-order valence-corrected chi connectivity index (χ3v) is 8.33. The largest absolute Gasteiger partial charge is 0.476 e. The molecule has 3 atom stereocenters. The zero-order valence-corrected chi connectivity index (χ0v) is 24.8. The number of benzene rings is 3. The maximum Gasteiger partial charge on any atom is 0.349 e. The first-order valence-corrected chi connectivity index (χ1v) is 14.9. The lowest BCUT2D eigenvalue weighted by Gasteiger charge is -2.28. The molecule has 6 heteroatoms. The molecule has 3 aromatic carbocycles. The molecule has 2 unspecified atom stereocenters. The summed E-state index contributed by atoms with van der Waals surface area (Å²) < 4.78 is 11.4. The van der Waals surface area contributed by atoms with Crippen LogP contribution >= 0.6 is 11.8 Å². The van der Waals surface area contributed by atoms with Gasteiger partial charge in [0, 0.05) is 36.4 Å². The minimum absolute atomic E-state index is 0.0374. The van der Waals surface area contributed by atoms with Gasteiger partial charge in [0.2, 0.25) is 0 Å². The Bertz CT molecular complexity index is 1240. The molecule has 4 rings (SSSR count). The number of aliphatic hydroxyl groups is 1. The van der Waals surface area contributed by atoms with Crippen LogP contribution in [0.25, 0.3) is 0 Å². The standard InChI is InChI=1S/C33H41NO4S/c1-7-37-32(36)33(4,5)38-31-22(2)17-26(18-23(31)3)28-20-34(19-24-11-9-8-10-12-24)21-29(28)30(35)25-13-15-27(39-6)16-14-25/h8-18,28-30,35H,7,19-21H2,1-6H3/t28-,29?,30?/m1/s1. The van der Waals surface area contributed by atoms with Crippen LogP contribution in [0.2, 0.25) is 0 Å². The summed E-state index contributed by atoms with van der Waals surface area (Å²) in [5.41, 5.74) is 4.27. The monoisotopic (exact) mass is 547 g/mol. The van der Waals surface area contributed by atoms with Crippen molar-refractivity contribution in [1.29, 1.82) is 0 Å². The van der Waals surface area contributed by atoms with Crippen molar-refractivity contribution in [2.75, 3.05) is 26.0 Å². The normalized spacial score (nSPS) is 18.6. The summed E-state index contributed by atoms with van der Waals surface area (Å²) in [6.45, 7) is 12.1. The van der Waals surface area contributed by atoms with Crippen molar-refractivity contribution in [3.05, 3.63) is 94.5 Å². The number of thioether (sulfide) groups is 1. The van der Waals surface area contributed by atoms with E-state index in [2.05, 4.69) is 71.8 Å². The lowest BCUT2D eigenvalue weighted by Crippen LogP contribution is -2.40. The average molecular weight is 548 g/mol. The molecule has 1 heterocycles. The van der Waals surface area contributed by atoms with Gasteiger partial charge in [-0.25, -0.2) is 4.79 Å². The van der Waals surface area contributed by atoms with E-state index >= 15 is 0 Å². The lowest BCUT2D eigenvalue weighted by atomic mass is 9.82. The number of likely N-dealkylation sites (tertiary alicyclic amines) is 1. The highest BCUT2D eigenvalue weighted by molar-refractivity contribution is 7.98. The Kier molecular flexibility index (Phi) is 9.42. The minimum atomic E-state index is -1.09. The Morgan fingerprint density at radius 2 is 1.69 bits per heavy atom. The Hall–Kier alpha value is -2.80. The summed E-state index contributed by atoms with van der Waals surface area (Å²) in [5, 5.41) is 11.6. The summed E-state index contributed by atoms with van der Waals surface area (Å²) in [6, 6.07) is 23.1. The number of ether oxygens (including phenoxy) is 2. The van der Waals surface area contributed by atoms with Crippen molar-refractivity contribution >= 4 is 17.7 Å². The molecule has 1 fully saturated rings. The fourth-order valence-electron chi connectivity index (χ4n) is 5.57. The summed E-state index contributed by atoms with van der Waals surface area (Å²) in [5.74, 6) is 0.514. The molecule has 39 heavy (non-hydrogen) atoms. The highest BCUT2D eigenvalue weighted by atomic mass is 32.2. The van der Waals surface area contributed by atoms with Crippen LogP contribution < -0.4 is 4.74 Å². The molecule has 3 aromatic rings. The smallest absolute Gasteiger partial charge is 0.349 e. The molecule has 0 amide bonds. The maximum atomic E-state index is 12.5. The van der Waals surface area contributed by atoms with Crippen molar-refractivity contribution < 1.29 is 19.4 Å². The first kappa shape index (κ1) is 29.2. The highest BCUT2D eigenvalue weighted by Crippen LogP contribution is 2.43. The van der Waals surface area contributed by atoms with Gasteiger partial charge in [0.1, 0.15) is 5.75 Å². The van der Waals surface area contributed by atoms with E-state index in [0.717, 1.165) is 36.3 Å². The van der Waals surface area contributed by atoms with Crippen molar-refractivity contribution in [3.63, 3.8) is 0 Å². The van der Waals surface area contributed by atoms with E-state index in [9.17, 15) is 9.90 Å². The maximum absolute atomic E-state index is 12.5. The summed E-state index contributed by atoms with van der Waals surface area (Å²) in [7, 11) is 0. The van der Waals surface area contributed by atoms with E-state index in [1.807, 2.05) is 19.9 Å². The molecular formula is C33H41NO4S. The van der Waals surface area contributed by atoms with Gasteiger partial charge in [-0.15, -0.1) is 11.8 Å². The Labute approximate surface area is 237 Å². The van der Waals surface area contributed by atoms with Gasteiger partial charge in [-0.05, 0) is 80.8 Å². The Morgan fingerprint density at radius 1 is 1.05 bits per heavy atom. The van der Waals surface area contributed by atoms with Gasteiger partial charge < -0.3 is 14.6 Å². The van der Waals surface area contributed by atoms with Crippen molar-refractivity contribution in [3.8, 4) is 5.75 Å². The molecule has 1 aliphatic rings. The van der Waals surface area contributed by atoms with Crippen LogP contribution in [-0.4, -0.2) is 47.5 Å². The number of nitrogens with zero attached hydrogens (tertiary/aromatic N) is 1. The van der Waals surface area contributed by atoms with Gasteiger partial charge in [0.05, 0.1) is 12.7 Å². The number of aryl methyl sites for hydroxylation is 2. The fraction of sp³-hybridized carbons (Fsp3) is 0.424. The molecule has 208 valence electrons. The van der Waals surface area contributed by atoms with Gasteiger partial charge in [-0.3, -0.25) is 4.90 Å². The molecule has 1 saturated heterocycles. The number of hydrogen-bond donors (Lipinski definition) is 1. The molecular weight excluding hydrogens is 506 g/mol. The Morgan fingerprint density at radius 3 is 2.28 bits per heavy atom. The molecule has 0 spiro atoms. The third-order valence-electron chi connectivity index (χ3n) is 7.59. The molecule has 1 aliphatic heterocycles. The predicted molar refractivity (Wildman–Crippen MR) is 158 cm³/mol. The summed E-state index contributed by atoms with van der Waals surface area (Å²) in [4.78, 5) is 16.1. The van der Waals surface area contributed by atoms with Crippen LogP contribution in [0.4, 0.5) is 0 Å². The quantitative estimate of drug-likeness (QED) is 0.225. The number of aliphatic hydroxyl groups excluding tert-OH is 1. The SMILES string of the molecule is CCOC(=O)C(C)(C)Oc1c(C)cc([C@H]2CN(Cc3ccccc3)CC2C(O)c2ccc(SC)cc2)cc1C. The van der Waals surface area contributed by atoms with Crippen LogP contribution in [0.5, 0.6) is 5.75 Å². The predicted octanol–water partition coefficient (Wildman–Crippen LogP) is 6.70. The molecule has 0 aromatic heterocycles. The third kappa shape index (κ3) is 6.86. The number of esters is 1. The van der Waals surface area contributed by atoms with Gasteiger partial charge in [-0.1, -0.05) is 54.6 Å². The fourth-order valence-corrected chi connectivity index (χ4v) is 5.97. The summed E-state index contributed by atoms with van der Waals surface area (Å²) in [6.07, 6.45) is 1.48. The first-order chi connectivity index (χ1) is 18.6. The zero-order chi connectivity index (χ0) is 28.2. The van der Waals surface area contributed by atoms with E-state index in [1.54, 1.807) is 32.5 Å². The molecule has 5 nitrogen and oxygen atoms in total. The van der Waals surface area contributed by atoms with Crippen LogP contribution in [-0.2, 0) is 16.1 Å². The van der Waals surface area contributed by atoms with Crippen LogP contribution in [0.1, 0.15) is 60.6 Å². The zero-order valence-electron chi connectivity index (χ0n) is 23.9. The number of carbonyl (C=O) groups is 1. The van der Waals surface area contributed by atoms with Crippen LogP contribution in [0.15, 0.2) is 71.6 Å². The van der Waals surface area contributed by atoms with E-state index in [4.69, 9.17) is 9.47 Å². The van der Waals surface area contributed by atoms with E-state index in [-0.39, 0.29) is 17.8 Å². The van der Waals surface area contributed by atoms with Gasteiger partial charge >= 0.3 is 5.97 Å². The second kappa shape index (κ2) is 12.6. The van der Waals surface area contributed by atoms with Gasteiger partial charge in [0.15, 0.2) is 5.60 Å². The first-order valence-electron chi connectivity index (χ1n) is 13.7. The van der Waals surface area contributed by atoms with Crippen molar-refractivity contribution in [1.82, 2.24) is 4.90 Å².